The molecule has 0 saturated heterocycles. The molecular weight excluding hydrogens is 381 g/mol. The molecule has 0 aromatic heterocycles. The molecule has 2 nitrogen and oxygen atoms in total. The number of nitrogens with one attached hydrogen (secondary N) is 1. The predicted octanol–water partition coefficient (Wildman–Crippen LogP) is 5.03. The average molecular weight is 400 g/mol. The molecule has 0 spiro atoms. The van der Waals surface area contributed by atoms with Gasteiger partial charge < -0.3 is 0 Å². The largest absolute Gasteiger partial charge is 0.297 e. The molecule has 3 aromatic carbocycles. The van der Waals surface area contributed by atoms with Gasteiger partial charge in [0, 0.05) is 21.1 Å². The number of benzene rings is 3. The van der Waals surface area contributed by atoms with Crippen LogP contribution in [0.1, 0.15) is 18.5 Å². The van der Waals surface area contributed by atoms with Crippen LogP contribution in [0.2, 0.25) is 0 Å². The zero-order chi connectivity index (χ0) is 17.0. The molecule has 1 atom stereocenters. The van der Waals surface area contributed by atoms with Crippen molar-refractivity contribution in [3.05, 3.63) is 95.0 Å². The van der Waals surface area contributed by atoms with Gasteiger partial charge >= 0.3 is 0 Å². The lowest BCUT2D eigenvalue weighted by atomic mass is 10.1. The molecule has 4 heteroatoms. The summed E-state index contributed by atoms with van der Waals surface area (Å²) in [6, 6.07) is 27.4. The van der Waals surface area contributed by atoms with Crippen LogP contribution in [0.3, 0.4) is 0 Å². The smallest absolute Gasteiger partial charge is 0.205 e. The standard InChI is InChI=1S/C20H19BrNOP/c1-16(17-12-14-18(21)15-13-17)22-24(23,19-8-4-2-5-9-19)20-10-6-3-7-11-20/h2-16H,1H3,(H,22,23). The fourth-order valence-corrected chi connectivity index (χ4v) is 5.41. The summed E-state index contributed by atoms with van der Waals surface area (Å²) in [5, 5.41) is 5.04. The van der Waals surface area contributed by atoms with Crippen molar-refractivity contribution in [3.63, 3.8) is 0 Å². The van der Waals surface area contributed by atoms with Gasteiger partial charge in [0.05, 0.1) is 0 Å². The Bertz CT molecular complexity index is 791. The topological polar surface area (TPSA) is 29.1 Å². The molecule has 0 aliphatic rings. The van der Waals surface area contributed by atoms with E-state index in [0.717, 1.165) is 20.6 Å². The van der Waals surface area contributed by atoms with Crippen molar-refractivity contribution < 1.29 is 4.57 Å². The summed E-state index contributed by atoms with van der Waals surface area (Å²) in [6.07, 6.45) is 0. The van der Waals surface area contributed by atoms with Crippen molar-refractivity contribution in [2.24, 2.45) is 0 Å². The minimum absolute atomic E-state index is 0.0376. The van der Waals surface area contributed by atoms with E-state index in [4.69, 9.17) is 0 Å². The van der Waals surface area contributed by atoms with Gasteiger partial charge in [0.15, 0.2) is 0 Å². The van der Waals surface area contributed by atoms with Crippen LogP contribution in [0, 0.1) is 0 Å². The van der Waals surface area contributed by atoms with E-state index in [9.17, 15) is 4.57 Å². The van der Waals surface area contributed by atoms with Gasteiger partial charge in [-0.25, -0.2) is 0 Å². The molecule has 0 heterocycles. The van der Waals surface area contributed by atoms with Crippen LogP contribution in [0.15, 0.2) is 89.4 Å². The minimum Gasteiger partial charge on any atom is -0.297 e. The van der Waals surface area contributed by atoms with E-state index in [-0.39, 0.29) is 6.04 Å². The Morgan fingerprint density at radius 3 is 1.71 bits per heavy atom. The van der Waals surface area contributed by atoms with Crippen molar-refractivity contribution in [2.45, 2.75) is 13.0 Å². The van der Waals surface area contributed by atoms with Crippen LogP contribution >= 0.6 is 23.2 Å². The van der Waals surface area contributed by atoms with Crippen molar-refractivity contribution in [1.29, 1.82) is 0 Å². The molecule has 3 rings (SSSR count). The first-order valence-electron chi connectivity index (χ1n) is 7.84. The maximum atomic E-state index is 13.9. The fraction of sp³-hybridized carbons (Fsp3) is 0.100. The first-order valence-corrected chi connectivity index (χ1v) is 10.3. The summed E-state index contributed by atoms with van der Waals surface area (Å²) in [5.41, 5.74) is 1.10. The maximum absolute atomic E-state index is 13.9. The Morgan fingerprint density at radius 2 is 1.25 bits per heavy atom. The van der Waals surface area contributed by atoms with Gasteiger partial charge in [0.1, 0.15) is 0 Å². The summed E-state index contributed by atoms with van der Waals surface area (Å²) in [5.74, 6) is 0. The van der Waals surface area contributed by atoms with Gasteiger partial charge in [-0.15, -0.1) is 0 Å². The van der Waals surface area contributed by atoms with Crippen molar-refractivity contribution in [1.82, 2.24) is 5.09 Å². The Morgan fingerprint density at radius 1 is 0.792 bits per heavy atom. The van der Waals surface area contributed by atoms with Crippen LogP contribution in [-0.2, 0) is 4.57 Å². The number of rotatable bonds is 5. The third-order valence-electron chi connectivity index (χ3n) is 3.99. The highest BCUT2D eigenvalue weighted by Crippen LogP contribution is 2.41. The van der Waals surface area contributed by atoms with Gasteiger partial charge in [-0.05, 0) is 48.9 Å². The minimum atomic E-state index is -2.92. The highest BCUT2D eigenvalue weighted by Gasteiger charge is 2.28. The Kier molecular flexibility index (Phi) is 5.35. The first kappa shape index (κ1) is 17.2. The fourth-order valence-electron chi connectivity index (χ4n) is 2.67. The van der Waals surface area contributed by atoms with Crippen LogP contribution in [0.25, 0.3) is 0 Å². The Hall–Kier alpha value is -1.67. The van der Waals surface area contributed by atoms with Crippen LogP contribution < -0.4 is 15.7 Å². The van der Waals surface area contributed by atoms with Gasteiger partial charge in [0.25, 0.3) is 0 Å². The molecular formula is C20H19BrNOP. The van der Waals surface area contributed by atoms with Crippen LogP contribution in [0.5, 0.6) is 0 Å². The van der Waals surface area contributed by atoms with Gasteiger partial charge in [-0.3, -0.25) is 9.65 Å². The Labute approximate surface area is 151 Å². The third-order valence-corrected chi connectivity index (χ3v) is 7.32. The summed E-state index contributed by atoms with van der Waals surface area (Å²) < 4.78 is 15.0. The van der Waals surface area contributed by atoms with E-state index in [1.165, 1.54) is 0 Å². The molecule has 0 bridgehead atoms. The zero-order valence-electron chi connectivity index (χ0n) is 13.4. The molecule has 0 aliphatic heterocycles. The van der Waals surface area contributed by atoms with Gasteiger partial charge in [-0.2, -0.15) is 0 Å². The second kappa shape index (κ2) is 7.48. The van der Waals surface area contributed by atoms with Crippen LogP contribution in [0.4, 0.5) is 0 Å². The molecule has 1 N–H and O–H groups in total. The molecule has 122 valence electrons. The average Bonchev–Trinajstić information content (AvgIpc) is 2.63. The third kappa shape index (κ3) is 3.70. The van der Waals surface area contributed by atoms with E-state index in [1.807, 2.05) is 91.9 Å². The highest BCUT2D eigenvalue weighted by molar-refractivity contribution is 9.10. The van der Waals surface area contributed by atoms with E-state index in [0.29, 0.717) is 0 Å². The number of hydrogen-bond donors (Lipinski definition) is 1. The summed E-state index contributed by atoms with van der Waals surface area (Å²) in [4.78, 5) is 0. The molecule has 0 amide bonds. The lowest BCUT2D eigenvalue weighted by Crippen LogP contribution is -2.29. The van der Waals surface area contributed by atoms with Gasteiger partial charge in [-0.1, -0.05) is 64.5 Å². The predicted molar refractivity (Wildman–Crippen MR) is 105 cm³/mol. The van der Waals surface area contributed by atoms with Crippen molar-refractivity contribution in [3.8, 4) is 0 Å². The number of hydrogen-bond acceptors (Lipinski definition) is 1. The molecule has 24 heavy (non-hydrogen) atoms. The van der Waals surface area contributed by atoms with Crippen molar-refractivity contribution >= 4 is 33.8 Å². The lowest BCUT2D eigenvalue weighted by Gasteiger charge is -2.25. The number of halogens is 1. The van der Waals surface area contributed by atoms with Gasteiger partial charge in [0.2, 0.25) is 7.29 Å². The SMILES string of the molecule is CC(NP(=O)(c1ccccc1)c1ccccc1)c1ccc(Br)cc1. The maximum Gasteiger partial charge on any atom is 0.205 e. The summed E-state index contributed by atoms with van der Waals surface area (Å²) in [7, 11) is -2.92. The van der Waals surface area contributed by atoms with E-state index >= 15 is 0 Å². The molecule has 3 aromatic rings. The van der Waals surface area contributed by atoms with E-state index in [1.54, 1.807) is 0 Å². The second-order valence-electron chi connectivity index (χ2n) is 5.68. The monoisotopic (exact) mass is 399 g/mol. The second-order valence-corrected chi connectivity index (χ2v) is 9.11. The summed E-state index contributed by atoms with van der Waals surface area (Å²) >= 11 is 3.45. The molecule has 0 radical (unpaired) electrons. The highest BCUT2D eigenvalue weighted by atomic mass is 79.9. The van der Waals surface area contributed by atoms with Crippen molar-refractivity contribution in [2.75, 3.05) is 0 Å². The van der Waals surface area contributed by atoms with E-state index in [2.05, 4.69) is 21.0 Å². The first-order chi connectivity index (χ1) is 11.6. The molecule has 0 fully saturated rings. The molecule has 0 aliphatic carbocycles. The molecule has 0 saturated carbocycles. The summed E-state index contributed by atoms with van der Waals surface area (Å²) in [6.45, 7) is 2.04. The Balaban J connectivity index is 2.00. The lowest BCUT2D eigenvalue weighted by molar-refractivity contribution is 0.568. The zero-order valence-corrected chi connectivity index (χ0v) is 15.9. The quantitative estimate of drug-likeness (QED) is 0.609. The van der Waals surface area contributed by atoms with Crippen LogP contribution in [-0.4, -0.2) is 0 Å². The normalized spacial score (nSPS) is 12.8. The van der Waals surface area contributed by atoms with E-state index < -0.39 is 7.29 Å². The molecule has 1 unspecified atom stereocenters.